The number of fused-ring (bicyclic) bond motifs is 1. The van der Waals surface area contributed by atoms with Crippen LogP contribution < -0.4 is 5.73 Å². The highest BCUT2D eigenvalue weighted by Gasteiger charge is 2.14. The molecule has 0 fully saturated rings. The van der Waals surface area contributed by atoms with Crippen LogP contribution in [-0.2, 0) is 0 Å². The summed E-state index contributed by atoms with van der Waals surface area (Å²) in [6.07, 6.45) is 0. The maximum absolute atomic E-state index is 11.1. The summed E-state index contributed by atoms with van der Waals surface area (Å²) in [4.78, 5) is 15.4. The third kappa shape index (κ3) is 1.58. The molecule has 2 N–H and O–H groups in total. The van der Waals surface area contributed by atoms with Crippen LogP contribution in [0.2, 0.25) is 0 Å². The third-order valence-corrected chi connectivity index (χ3v) is 2.19. The summed E-state index contributed by atoms with van der Waals surface area (Å²) in [6.45, 7) is 3.96. The fourth-order valence-corrected chi connectivity index (χ4v) is 1.41. The Bertz CT molecular complexity index is 514. The van der Waals surface area contributed by atoms with E-state index in [2.05, 4.69) is 4.98 Å². The number of carbonyl (C=O) groups is 1. The van der Waals surface area contributed by atoms with Crippen LogP contribution in [0.15, 0.2) is 22.6 Å². The number of aromatic nitrogens is 1. The number of rotatable bonds is 2. The molecule has 2 rings (SSSR count). The Morgan fingerprint density at radius 3 is 2.80 bits per heavy atom. The van der Waals surface area contributed by atoms with Crippen molar-refractivity contribution in [1.29, 1.82) is 0 Å². The summed E-state index contributed by atoms with van der Waals surface area (Å²) in [6, 6.07) is 5.16. The van der Waals surface area contributed by atoms with Gasteiger partial charge in [0.1, 0.15) is 5.52 Å². The van der Waals surface area contributed by atoms with E-state index in [1.807, 2.05) is 13.8 Å². The highest BCUT2D eigenvalue weighted by atomic mass is 16.3. The molecule has 0 aliphatic heterocycles. The van der Waals surface area contributed by atoms with E-state index in [1.165, 1.54) is 0 Å². The zero-order valence-corrected chi connectivity index (χ0v) is 8.65. The van der Waals surface area contributed by atoms with Gasteiger partial charge in [0.25, 0.3) is 5.91 Å². The van der Waals surface area contributed by atoms with Gasteiger partial charge in [-0.1, -0.05) is 19.9 Å². The van der Waals surface area contributed by atoms with E-state index in [-0.39, 0.29) is 5.92 Å². The number of benzene rings is 1. The zero-order chi connectivity index (χ0) is 11.0. The van der Waals surface area contributed by atoms with Crippen LogP contribution in [0.25, 0.3) is 11.1 Å². The van der Waals surface area contributed by atoms with Crippen molar-refractivity contribution in [2.75, 3.05) is 0 Å². The Kier molecular flexibility index (Phi) is 2.19. The van der Waals surface area contributed by atoms with E-state index >= 15 is 0 Å². The number of hydrogen-bond acceptors (Lipinski definition) is 3. The first-order valence-corrected chi connectivity index (χ1v) is 4.79. The predicted octanol–water partition coefficient (Wildman–Crippen LogP) is 2.05. The fraction of sp³-hybridized carbons (Fsp3) is 0.273. The average molecular weight is 204 g/mol. The second-order valence-corrected chi connectivity index (χ2v) is 3.72. The highest BCUT2D eigenvalue weighted by Crippen LogP contribution is 2.23. The van der Waals surface area contributed by atoms with E-state index < -0.39 is 5.91 Å². The standard InChI is InChI=1S/C11H12N2O2/c1-6(2)11-13-9-7(10(12)14)4-3-5-8(9)15-11/h3-6H,1-2H3,(H2,12,14). The van der Waals surface area contributed by atoms with Crippen molar-refractivity contribution < 1.29 is 9.21 Å². The number of carbonyl (C=O) groups excluding carboxylic acids is 1. The third-order valence-electron chi connectivity index (χ3n) is 2.19. The topological polar surface area (TPSA) is 69.1 Å². The number of para-hydroxylation sites is 1. The van der Waals surface area contributed by atoms with Crippen LogP contribution in [0.5, 0.6) is 0 Å². The predicted molar refractivity (Wildman–Crippen MR) is 56.6 cm³/mol. The van der Waals surface area contributed by atoms with Gasteiger partial charge in [0.05, 0.1) is 5.56 Å². The van der Waals surface area contributed by atoms with Crippen molar-refractivity contribution in [3.05, 3.63) is 29.7 Å². The minimum Gasteiger partial charge on any atom is -0.440 e. The van der Waals surface area contributed by atoms with E-state index in [0.29, 0.717) is 22.6 Å². The maximum Gasteiger partial charge on any atom is 0.251 e. The minimum atomic E-state index is -0.482. The number of nitrogens with zero attached hydrogens (tertiary/aromatic N) is 1. The fourth-order valence-electron chi connectivity index (χ4n) is 1.41. The molecule has 1 aromatic heterocycles. The van der Waals surface area contributed by atoms with Gasteiger partial charge in [-0.2, -0.15) is 0 Å². The summed E-state index contributed by atoms with van der Waals surface area (Å²) >= 11 is 0. The molecule has 2 aromatic rings. The summed E-state index contributed by atoms with van der Waals surface area (Å²) < 4.78 is 5.50. The molecule has 1 aromatic carbocycles. The van der Waals surface area contributed by atoms with Gasteiger partial charge in [0, 0.05) is 5.92 Å². The van der Waals surface area contributed by atoms with Crippen LogP contribution in [0.3, 0.4) is 0 Å². The second-order valence-electron chi connectivity index (χ2n) is 3.72. The Hall–Kier alpha value is -1.84. The van der Waals surface area contributed by atoms with E-state index in [4.69, 9.17) is 10.2 Å². The molecular formula is C11H12N2O2. The number of amides is 1. The molecule has 0 atom stereocenters. The molecule has 0 aliphatic rings. The first-order valence-electron chi connectivity index (χ1n) is 4.79. The van der Waals surface area contributed by atoms with E-state index in [1.54, 1.807) is 18.2 Å². The van der Waals surface area contributed by atoms with Crippen LogP contribution in [0.4, 0.5) is 0 Å². The molecule has 78 valence electrons. The molecule has 1 amide bonds. The molecular weight excluding hydrogens is 192 g/mol. The lowest BCUT2D eigenvalue weighted by atomic mass is 10.2. The molecule has 0 unspecified atom stereocenters. The number of nitrogens with two attached hydrogens (primary N) is 1. The van der Waals surface area contributed by atoms with Crippen LogP contribution in [-0.4, -0.2) is 10.9 Å². The summed E-state index contributed by atoms with van der Waals surface area (Å²) in [5.41, 5.74) is 6.81. The Morgan fingerprint density at radius 2 is 2.20 bits per heavy atom. The summed E-state index contributed by atoms with van der Waals surface area (Å²) in [5, 5.41) is 0. The smallest absolute Gasteiger partial charge is 0.251 e. The van der Waals surface area contributed by atoms with Crippen molar-refractivity contribution >= 4 is 17.0 Å². The first-order chi connectivity index (χ1) is 7.09. The molecule has 4 heteroatoms. The van der Waals surface area contributed by atoms with Gasteiger partial charge in [-0.15, -0.1) is 0 Å². The van der Waals surface area contributed by atoms with Crippen LogP contribution in [0.1, 0.15) is 36.0 Å². The highest BCUT2D eigenvalue weighted by molar-refractivity contribution is 6.03. The molecule has 0 saturated carbocycles. The minimum absolute atomic E-state index is 0.193. The molecule has 4 nitrogen and oxygen atoms in total. The maximum atomic E-state index is 11.1. The van der Waals surface area contributed by atoms with Gasteiger partial charge < -0.3 is 10.2 Å². The second kappa shape index (κ2) is 3.38. The molecule has 15 heavy (non-hydrogen) atoms. The lowest BCUT2D eigenvalue weighted by Crippen LogP contribution is -2.11. The van der Waals surface area contributed by atoms with Crippen LogP contribution >= 0.6 is 0 Å². The molecule has 0 aliphatic carbocycles. The monoisotopic (exact) mass is 204 g/mol. The number of primary amides is 1. The summed E-state index contributed by atoms with van der Waals surface area (Å²) in [5.74, 6) is 0.334. The van der Waals surface area contributed by atoms with Gasteiger partial charge in [-0.25, -0.2) is 4.98 Å². The van der Waals surface area contributed by atoms with Crippen molar-refractivity contribution in [3.8, 4) is 0 Å². The van der Waals surface area contributed by atoms with E-state index in [0.717, 1.165) is 0 Å². The van der Waals surface area contributed by atoms with Gasteiger partial charge in [0.2, 0.25) is 0 Å². The number of hydrogen-bond donors (Lipinski definition) is 1. The average Bonchev–Trinajstić information content (AvgIpc) is 2.60. The lowest BCUT2D eigenvalue weighted by Gasteiger charge is -1.94. The summed E-state index contributed by atoms with van der Waals surface area (Å²) in [7, 11) is 0. The normalized spacial score (nSPS) is 11.1. The van der Waals surface area contributed by atoms with Crippen molar-refractivity contribution in [1.82, 2.24) is 4.98 Å². The SMILES string of the molecule is CC(C)c1nc2c(C(N)=O)cccc2o1. The van der Waals surface area contributed by atoms with E-state index in [9.17, 15) is 4.79 Å². The van der Waals surface area contributed by atoms with Crippen molar-refractivity contribution in [2.24, 2.45) is 5.73 Å². The van der Waals surface area contributed by atoms with Gasteiger partial charge >= 0.3 is 0 Å². The van der Waals surface area contributed by atoms with Crippen molar-refractivity contribution in [3.63, 3.8) is 0 Å². The van der Waals surface area contributed by atoms with Crippen molar-refractivity contribution in [2.45, 2.75) is 19.8 Å². The Balaban J connectivity index is 2.70. The molecule has 0 radical (unpaired) electrons. The van der Waals surface area contributed by atoms with Crippen LogP contribution in [0, 0.1) is 0 Å². The van der Waals surface area contributed by atoms with Gasteiger partial charge in [0.15, 0.2) is 11.5 Å². The Morgan fingerprint density at radius 1 is 1.47 bits per heavy atom. The quantitative estimate of drug-likeness (QED) is 0.813. The number of oxazole rings is 1. The Labute approximate surface area is 87.1 Å². The van der Waals surface area contributed by atoms with Gasteiger partial charge in [-0.05, 0) is 12.1 Å². The molecule has 0 spiro atoms. The van der Waals surface area contributed by atoms with Gasteiger partial charge in [-0.3, -0.25) is 4.79 Å². The zero-order valence-electron chi connectivity index (χ0n) is 8.65. The molecule has 1 heterocycles. The lowest BCUT2D eigenvalue weighted by molar-refractivity contribution is 0.100. The molecule has 0 bridgehead atoms. The largest absolute Gasteiger partial charge is 0.440 e. The molecule has 0 saturated heterocycles. The first kappa shape index (κ1) is 9.71.